The summed E-state index contributed by atoms with van der Waals surface area (Å²) < 4.78 is 68.6. The van der Waals surface area contributed by atoms with Crippen LogP contribution in [0.4, 0.5) is 0 Å². The smallest absolute Gasteiger partial charge is 0.462 e. The van der Waals surface area contributed by atoms with Gasteiger partial charge in [-0.15, -0.1) is 0 Å². The fraction of sp³-hybridized carbons (Fsp3) is 0.949. The molecule has 0 aliphatic rings. The van der Waals surface area contributed by atoms with E-state index < -0.39 is 97.5 Å². The van der Waals surface area contributed by atoms with Crippen molar-refractivity contribution >= 4 is 39.5 Å². The van der Waals surface area contributed by atoms with Crippen LogP contribution in [0, 0.1) is 23.7 Å². The first kappa shape index (κ1) is 96.1. The van der Waals surface area contributed by atoms with E-state index in [0.717, 1.165) is 120 Å². The van der Waals surface area contributed by atoms with Crippen molar-refractivity contribution in [1.29, 1.82) is 0 Å². The molecule has 0 aliphatic heterocycles. The molecule has 0 bridgehead atoms. The molecule has 0 saturated heterocycles. The van der Waals surface area contributed by atoms with Gasteiger partial charge in [-0.05, 0) is 49.4 Å². The third kappa shape index (κ3) is 69.8. The van der Waals surface area contributed by atoms with Crippen molar-refractivity contribution in [2.24, 2.45) is 23.7 Å². The molecule has 0 aromatic carbocycles. The Morgan fingerprint density at radius 1 is 0.286 bits per heavy atom. The molecule has 0 aromatic heterocycles. The lowest BCUT2D eigenvalue weighted by Gasteiger charge is -2.21. The molecule has 3 N–H and O–H groups in total. The largest absolute Gasteiger partial charge is 0.472 e. The second-order valence-corrected chi connectivity index (χ2v) is 32.8. The van der Waals surface area contributed by atoms with Gasteiger partial charge < -0.3 is 33.8 Å². The zero-order valence-corrected chi connectivity index (χ0v) is 66.2. The number of rotatable bonds is 76. The second-order valence-electron chi connectivity index (χ2n) is 29.9. The maximum absolute atomic E-state index is 13.1. The Morgan fingerprint density at radius 2 is 0.490 bits per heavy atom. The SMILES string of the molecule is CCC(C)CCCCCCCCC(=O)OC[C@H](COP(=O)(O)OC[C@H](O)COP(=O)(O)OC[C@@H](COC(=O)CCCCCCCCCCCCCCCCCCC(C)C)OC(=O)CCCCCCCCC(C)CC)OC(=O)CCCCCCCCCCCCCCCCCCC(C)C. The van der Waals surface area contributed by atoms with Crippen LogP contribution < -0.4 is 0 Å². The first-order valence-electron chi connectivity index (χ1n) is 40.8. The number of phosphoric acid groups is 2. The molecule has 582 valence electrons. The third-order valence-electron chi connectivity index (χ3n) is 19.0. The first-order valence-corrected chi connectivity index (χ1v) is 43.8. The van der Waals surface area contributed by atoms with Gasteiger partial charge in [0.25, 0.3) is 0 Å². The Bertz CT molecular complexity index is 1920. The summed E-state index contributed by atoms with van der Waals surface area (Å²) in [5.74, 6) is 0.951. The van der Waals surface area contributed by atoms with E-state index in [-0.39, 0.29) is 25.7 Å². The van der Waals surface area contributed by atoms with E-state index >= 15 is 0 Å². The molecule has 0 aliphatic carbocycles. The zero-order chi connectivity index (χ0) is 72.4. The number of unbranched alkanes of at least 4 members (excludes halogenated alkanes) is 40. The fourth-order valence-corrected chi connectivity index (χ4v) is 13.6. The summed E-state index contributed by atoms with van der Waals surface area (Å²) in [6.07, 6.45) is 54.3. The van der Waals surface area contributed by atoms with E-state index in [1.54, 1.807) is 0 Å². The molecule has 4 unspecified atom stereocenters. The van der Waals surface area contributed by atoms with Gasteiger partial charge in [-0.3, -0.25) is 37.3 Å². The van der Waals surface area contributed by atoms with Gasteiger partial charge in [0.2, 0.25) is 0 Å². The van der Waals surface area contributed by atoms with E-state index in [1.165, 1.54) is 199 Å². The number of ether oxygens (including phenoxy) is 4. The van der Waals surface area contributed by atoms with Crippen molar-refractivity contribution in [3.63, 3.8) is 0 Å². The fourth-order valence-electron chi connectivity index (χ4n) is 12.0. The van der Waals surface area contributed by atoms with Crippen LogP contribution in [0.5, 0.6) is 0 Å². The molecule has 98 heavy (non-hydrogen) atoms. The molecule has 0 aromatic rings. The van der Waals surface area contributed by atoms with Crippen molar-refractivity contribution < 1.29 is 80.2 Å². The zero-order valence-electron chi connectivity index (χ0n) is 64.4. The number of carbonyl (C=O) groups is 4. The quantitative estimate of drug-likeness (QED) is 0.0222. The summed E-state index contributed by atoms with van der Waals surface area (Å²) in [5, 5.41) is 10.6. The van der Waals surface area contributed by atoms with Gasteiger partial charge in [-0.25, -0.2) is 9.13 Å². The molecule has 7 atom stereocenters. The number of carbonyl (C=O) groups excluding carboxylic acids is 4. The summed E-state index contributed by atoms with van der Waals surface area (Å²) in [4.78, 5) is 72.9. The van der Waals surface area contributed by atoms with Gasteiger partial charge in [0, 0.05) is 25.7 Å². The number of phosphoric ester groups is 2. The van der Waals surface area contributed by atoms with E-state index in [0.29, 0.717) is 25.7 Å². The van der Waals surface area contributed by atoms with Crippen LogP contribution in [0.1, 0.15) is 402 Å². The minimum Gasteiger partial charge on any atom is -0.462 e. The van der Waals surface area contributed by atoms with E-state index in [9.17, 15) is 43.2 Å². The first-order chi connectivity index (χ1) is 47.2. The highest BCUT2D eigenvalue weighted by atomic mass is 31.2. The van der Waals surface area contributed by atoms with Gasteiger partial charge >= 0.3 is 39.5 Å². The van der Waals surface area contributed by atoms with Crippen molar-refractivity contribution in [2.75, 3.05) is 39.6 Å². The highest BCUT2D eigenvalue weighted by molar-refractivity contribution is 7.47. The van der Waals surface area contributed by atoms with Crippen LogP contribution in [0.3, 0.4) is 0 Å². The van der Waals surface area contributed by atoms with Crippen molar-refractivity contribution in [2.45, 2.75) is 420 Å². The molecule has 0 amide bonds. The van der Waals surface area contributed by atoms with Crippen LogP contribution in [-0.2, 0) is 65.4 Å². The van der Waals surface area contributed by atoms with Gasteiger partial charge in [0.15, 0.2) is 12.2 Å². The monoisotopic (exact) mass is 1440 g/mol. The van der Waals surface area contributed by atoms with Crippen molar-refractivity contribution in [3.8, 4) is 0 Å². The van der Waals surface area contributed by atoms with E-state index in [4.69, 9.17) is 37.0 Å². The van der Waals surface area contributed by atoms with Gasteiger partial charge in [0.05, 0.1) is 26.4 Å². The average molecular weight is 1440 g/mol. The number of aliphatic hydroxyl groups excluding tert-OH is 1. The Hall–Kier alpha value is -1.94. The predicted octanol–water partition coefficient (Wildman–Crippen LogP) is 23.2. The summed E-state index contributed by atoms with van der Waals surface area (Å²) in [7, 11) is -9.92. The number of aliphatic hydroxyl groups is 1. The molecular weight excluding hydrogens is 1280 g/mol. The predicted molar refractivity (Wildman–Crippen MR) is 400 cm³/mol. The standard InChI is InChI=1S/C79H154O17P2/c1-9-71(7)57-49-41-35-37-44-52-60-77(82)90-66-74(95-78(83)61-53-45-34-30-26-22-18-14-12-16-20-24-28-32-40-48-56-70(5)6)67-93-97(85,86)91-63-73(80)64-92-98(87,88)94-68-75(96-79(84)62-54-46-38-36-42-50-58-72(8)10-2)65-89-76(81)59-51-43-33-29-25-21-17-13-11-15-19-23-27-31-39-47-55-69(3)4/h69-75,80H,9-68H2,1-8H3,(H,85,86)(H,87,88)/t71?,72?,73-,74+,75+/m0/s1. The number of esters is 4. The normalized spacial score (nSPS) is 14.6. The maximum Gasteiger partial charge on any atom is 0.472 e. The Morgan fingerprint density at radius 3 is 0.724 bits per heavy atom. The number of hydrogen-bond donors (Lipinski definition) is 3. The molecular formula is C79H154O17P2. The lowest BCUT2D eigenvalue weighted by molar-refractivity contribution is -0.161. The number of hydrogen-bond acceptors (Lipinski definition) is 15. The van der Waals surface area contributed by atoms with Crippen molar-refractivity contribution in [3.05, 3.63) is 0 Å². The topological polar surface area (TPSA) is 237 Å². The molecule has 0 heterocycles. The molecule has 0 saturated carbocycles. The minimum atomic E-state index is -4.96. The van der Waals surface area contributed by atoms with Crippen LogP contribution >= 0.6 is 15.6 Å². The highest BCUT2D eigenvalue weighted by Gasteiger charge is 2.30. The van der Waals surface area contributed by atoms with Gasteiger partial charge in [0.1, 0.15) is 19.3 Å². The molecule has 0 spiro atoms. The van der Waals surface area contributed by atoms with E-state index in [1.807, 2.05) is 0 Å². The summed E-state index contributed by atoms with van der Waals surface area (Å²) in [6.45, 7) is 14.2. The molecule has 17 nitrogen and oxygen atoms in total. The second kappa shape index (κ2) is 68.2. The molecule has 0 rings (SSSR count). The summed E-state index contributed by atoms with van der Waals surface area (Å²) >= 11 is 0. The maximum atomic E-state index is 13.1. The average Bonchev–Trinajstić information content (AvgIpc) is 0.977. The Kier molecular flexibility index (Phi) is 66.8. The van der Waals surface area contributed by atoms with Gasteiger partial charge in [-0.2, -0.15) is 0 Å². The lowest BCUT2D eigenvalue weighted by Crippen LogP contribution is -2.30. The summed E-state index contributed by atoms with van der Waals surface area (Å²) in [6, 6.07) is 0. The minimum absolute atomic E-state index is 0.103. The van der Waals surface area contributed by atoms with Crippen LogP contribution in [0.15, 0.2) is 0 Å². The summed E-state index contributed by atoms with van der Waals surface area (Å²) in [5.41, 5.74) is 0. The van der Waals surface area contributed by atoms with E-state index in [2.05, 4.69) is 55.4 Å². The van der Waals surface area contributed by atoms with Gasteiger partial charge in [-0.1, -0.05) is 351 Å². The highest BCUT2D eigenvalue weighted by Crippen LogP contribution is 2.45. The van der Waals surface area contributed by atoms with Crippen LogP contribution in [0.2, 0.25) is 0 Å². The Balaban J connectivity index is 5.16. The van der Waals surface area contributed by atoms with Crippen LogP contribution in [0.25, 0.3) is 0 Å². The Labute approximate surface area is 600 Å². The third-order valence-corrected chi connectivity index (χ3v) is 20.9. The lowest BCUT2D eigenvalue weighted by atomic mass is 10.00. The molecule has 19 heteroatoms. The molecule has 0 fully saturated rings. The van der Waals surface area contributed by atoms with Crippen molar-refractivity contribution in [1.82, 2.24) is 0 Å². The molecule has 0 radical (unpaired) electrons. The van der Waals surface area contributed by atoms with Crippen LogP contribution in [-0.4, -0.2) is 96.7 Å².